The van der Waals surface area contributed by atoms with Gasteiger partial charge in [-0.1, -0.05) is 15.9 Å². The van der Waals surface area contributed by atoms with Crippen molar-refractivity contribution in [1.82, 2.24) is 0 Å². The van der Waals surface area contributed by atoms with Crippen molar-refractivity contribution in [3.05, 3.63) is 53.8 Å². The third kappa shape index (κ3) is 4.64. The van der Waals surface area contributed by atoms with Crippen molar-refractivity contribution in [2.75, 3.05) is 0 Å². The van der Waals surface area contributed by atoms with Gasteiger partial charge in [0.1, 0.15) is 15.9 Å². The topological polar surface area (TPSA) is 83.5 Å². The van der Waals surface area contributed by atoms with Gasteiger partial charge in [-0.15, -0.1) is 0 Å². The first-order valence-electron chi connectivity index (χ1n) is 5.72. The van der Waals surface area contributed by atoms with E-state index in [1.54, 1.807) is 12.1 Å². The summed E-state index contributed by atoms with van der Waals surface area (Å²) in [7, 11) is -4.61. The number of carbonyl (C=O) groups excluding carboxylic acids is 1. The van der Waals surface area contributed by atoms with Gasteiger partial charge in [0, 0.05) is 17.9 Å². The Balaban J connectivity index is 2.34. The number of esters is 1. The Morgan fingerprint density at radius 3 is 2.00 bits per heavy atom. The summed E-state index contributed by atoms with van der Waals surface area (Å²) < 4.78 is 40.1. The molecule has 0 amide bonds. The molecule has 0 aliphatic carbocycles. The Morgan fingerprint density at radius 2 is 1.52 bits per heavy atom. The van der Waals surface area contributed by atoms with Gasteiger partial charge in [0.25, 0.3) is 0 Å². The highest BCUT2D eigenvalue weighted by Gasteiger charge is 2.18. The maximum absolute atomic E-state index is 12.3. The predicted molar refractivity (Wildman–Crippen MR) is 96.6 cm³/mol. The fourth-order valence-electron chi connectivity index (χ4n) is 1.64. The first-order valence-corrected chi connectivity index (χ1v) is 10.3. The van der Waals surface area contributed by atoms with Crippen LogP contribution >= 0.6 is 63.7 Å². The normalized spacial score (nSPS) is 11.3. The summed E-state index contributed by atoms with van der Waals surface area (Å²) >= 11 is 12.8. The molecule has 0 saturated carbocycles. The predicted octanol–water partition coefficient (Wildman–Crippen LogP) is 4.86. The molecule has 0 fully saturated rings. The third-order valence-electron chi connectivity index (χ3n) is 2.59. The highest BCUT2D eigenvalue weighted by molar-refractivity contribution is 9.11. The molecule has 0 aliphatic heterocycles. The molecule has 0 radical (unpaired) electrons. The van der Waals surface area contributed by atoms with E-state index in [4.69, 9.17) is 4.74 Å². The molecule has 0 heterocycles. The van der Waals surface area contributed by atoms with Gasteiger partial charge in [0.15, 0.2) is 0 Å². The summed E-state index contributed by atoms with van der Waals surface area (Å²) in [6, 6.07) is 6.91. The molecular weight excluding hydrogens is 588 g/mol. The second-order valence-electron chi connectivity index (χ2n) is 4.18. The summed E-state index contributed by atoms with van der Waals surface area (Å²) in [5.41, 5.74) is 0.268. The van der Waals surface area contributed by atoms with E-state index in [-0.39, 0.29) is 15.8 Å². The summed E-state index contributed by atoms with van der Waals surface area (Å²) in [6.45, 7) is 0. The fourth-order valence-corrected chi connectivity index (χ4v) is 5.71. The van der Waals surface area contributed by atoms with Gasteiger partial charge >= 0.3 is 5.97 Å². The number of benzene rings is 2. The van der Waals surface area contributed by atoms with E-state index in [1.807, 2.05) is 0 Å². The maximum atomic E-state index is 12.3. The number of rotatable bonds is 3. The Kier molecular flexibility index (Phi) is 6.07. The monoisotopic (exact) mass is 589 g/mol. The smallest absolute Gasteiger partial charge is 0.345 e. The van der Waals surface area contributed by atoms with E-state index in [0.717, 1.165) is 10.5 Å². The molecule has 122 valence electrons. The largest absolute Gasteiger partial charge is 0.744 e. The van der Waals surface area contributed by atoms with Crippen molar-refractivity contribution >= 4 is 79.8 Å². The Hall–Kier alpha value is -0.260. The second-order valence-corrected chi connectivity index (χ2v) is 9.01. The van der Waals surface area contributed by atoms with Crippen molar-refractivity contribution in [2.45, 2.75) is 4.90 Å². The molecule has 2 aromatic rings. The highest BCUT2D eigenvalue weighted by Crippen LogP contribution is 2.32. The van der Waals surface area contributed by atoms with Gasteiger partial charge in [0.2, 0.25) is 0 Å². The van der Waals surface area contributed by atoms with Crippen LogP contribution in [0.3, 0.4) is 0 Å². The standard InChI is InChI=1S/C13H6Br4O5S/c14-6-3-9(16)12(10(17)4-6)13(18)22-7-1-2-11(8(15)5-7)23(19,20)21/h1-5H,(H,19,20,21)/p-1. The molecule has 0 unspecified atom stereocenters. The average molecular weight is 593 g/mol. The van der Waals surface area contributed by atoms with Crippen molar-refractivity contribution in [1.29, 1.82) is 0 Å². The quantitative estimate of drug-likeness (QED) is 0.289. The Morgan fingerprint density at radius 1 is 0.957 bits per heavy atom. The Labute approximate surface area is 165 Å². The van der Waals surface area contributed by atoms with Crippen LogP contribution in [0.2, 0.25) is 0 Å². The molecule has 2 aromatic carbocycles. The molecule has 2 rings (SSSR count). The molecule has 5 nitrogen and oxygen atoms in total. The summed E-state index contributed by atoms with van der Waals surface area (Å²) in [5.74, 6) is -0.558. The van der Waals surface area contributed by atoms with Gasteiger partial charge in [-0.05, 0) is 78.1 Å². The van der Waals surface area contributed by atoms with E-state index in [1.165, 1.54) is 12.1 Å². The fraction of sp³-hybridized carbons (Fsp3) is 0. The lowest BCUT2D eigenvalue weighted by molar-refractivity contribution is 0.0732. The molecule has 0 aromatic heterocycles. The average Bonchev–Trinajstić information content (AvgIpc) is 2.35. The van der Waals surface area contributed by atoms with Crippen LogP contribution in [0.25, 0.3) is 0 Å². The summed E-state index contributed by atoms with van der Waals surface area (Å²) in [4.78, 5) is 11.8. The molecule has 0 N–H and O–H groups in total. The number of hydrogen-bond acceptors (Lipinski definition) is 5. The van der Waals surface area contributed by atoms with Crippen LogP contribution in [0.15, 0.2) is 53.1 Å². The minimum absolute atomic E-state index is 0.0201. The van der Waals surface area contributed by atoms with E-state index in [2.05, 4.69) is 63.7 Å². The van der Waals surface area contributed by atoms with E-state index < -0.39 is 21.0 Å². The molecule has 0 saturated heterocycles. The van der Waals surface area contributed by atoms with Crippen LogP contribution in [-0.4, -0.2) is 18.9 Å². The molecule has 0 spiro atoms. The lowest BCUT2D eigenvalue weighted by Crippen LogP contribution is -2.10. The molecular formula is C13H5Br4O5S-. The van der Waals surface area contributed by atoms with Crippen LogP contribution in [-0.2, 0) is 10.1 Å². The zero-order valence-electron chi connectivity index (χ0n) is 10.8. The van der Waals surface area contributed by atoms with Crippen LogP contribution in [0.1, 0.15) is 10.4 Å². The summed E-state index contributed by atoms with van der Waals surface area (Å²) in [5, 5.41) is 0. The molecule has 0 atom stereocenters. The van der Waals surface area contributed by atoms with Crippen molar-refractivity contribution in [2.24, 2.45) is 0 Å². The van der Waals surface area contributed by atoms with Gasteiger partial charge in [0.05, 0.1) is 10.5 Å². The lowest BCUT2D eigenvalue weighted by Gasteiger charge is -2.12. The number of hydrogen-bond donors (Lipinski definition) is 0. The van der Waals surface area contributed by atoms with Crippen molar-refractivity contribution < 1.29 is 22.5 Å². The van der Waals surface area contributed by atoms with Gasteiger partial charge < -0.3 is 9.29 Å². The summed E-state index contributed by atoms with van der Waals surface area (Å²) in [6.07, 6.45) is 0. The molecule has 10 heteroatoms. The zero-order valence-corrected chi connectivity index (χ0v) is 18.0. The first-order chi connectivity index (χ1) is 10.6. The molecule has 0 bridgehead atoms. The van der Waals surface area contributed by atoms with Crippen molar-refractivity contribution in [3.8, 4) is 5.75 Å². The third-order valence-corrected chi connectivity index (χ3v) is 6.12. The highest BCUT2D eigenvalue weighted by atomic mass is 79.9. The molecule has 23 heavy (non-hydrogen) atoms. The van der Waals surface area contributed by atoms with Crippen LogP contribution in [0, 0.1) is 0 Å². The van der Waals surface area contributed by atoms with Crippen molar-refractivity contribution in [3.63, 3.8) is 0 Å². The molecule has 0 aliphatic rings. The van der Waals surface area contributed by atoms with Gasteiger partial charge in [-0.3, -0.25) is 0 Å². The minimum atomic E-state index is -4.61. The van der Waals surface area contributed by atoms with Gasteiger partial charge in [-0.2, -0.15) is 0 Å². The minimum Gasteiger partial charge on any atom is -0.744 e. The maximum Gasteiger partial charge on any atom is 0.345 e. The number of carbonyl (C=O) groups is 1. The number of ether oxygens (including phenoxy) is 1. The van der Waals surface area contributed by atoms with E-state index in [0.29, 0.717) is 8.95 Å². The SMILES string of the molecule is O=C(Oc1ccc(S(=O)(=O)[O-])c(Br)c1)c1c(Br)cc(Br)cc1Br. The van der Waals surface area contributed by atoms with Gasteiger partial charge in [-0.25, -0.2) is 13.2 Å². The Bertz CT molecular complexity index is 872. The van der Waals surface area contributed by atoms with E-state index in [9.17, 15) is 17.8 Å². The van der Waals surface area contributed by atoms with Crippen LogP contribution in [0.4, 0.5) is 0 Å². The zero-order chi connectivity index (χ0) is 17.4. The second kappa shape index (κ2) is 7.32. The van der Waals surface area contributed by atoms with E-state index >= 15 is 0 Å². The lowest BCUT2D eigenvalue weighted by atomic mass is 10.2. The number of halogens is 4. The van der Waals surface area contributed by atoms with Crippen LogP contribution < -0.4 is 4.74 Å². The van der Waals surface area contributed by atoms with Crippen LogP contribution in [0.5, 0.6) is 5.75 Å². The first kappa shape index (κ1) is 19.1.